The van der Waals surface area contributed by atoms with E-state index in [4.69, 9.17) is 0 Å². The standard InChI is InChI=1S/C15H17F3N2O3/c16-15(17,18)14(23)19-9-10-5-7-20(8-6-10)13(22)11-3-1-2-4-12(11)21/h1-4,10,21H,5-9H2,(H,19,23). The molecule has 0 aromatic heterocycles. The van der Waals surface area contributed by atoms with Gasteiger partial charge < -0.3 is 15.3 Å². The van der Waals surface area contributed by atoms with E-state index >= 15 is 0 Å². The van der Waals surface area contributed by atoms with E-state index in [2.05, 4.69) is 0 Å². The molecule has 8 heteroatoms. The fourth-order valence-electron chi connectivity index (χ4n) is 2.50. The van der Waals surface area contributed by atoms with Gasteiger partial charge in [-0.15, -0.1) is 0 Å². The topological polar surface area (TPSA) is 69.6 Å². The van der Waals surface area contributed by atoms with Crippen LogP contribution in [0.2, 0.25) is 0 Å². The van der Waals surface area contributed by atoms with E-state index in [-0.39, 0.29) is 29.7 Å². The van der Waals surface area contributed by atoms with Gasteiger partial charge in [-0.1, -0.05) is 12.1 Å². The second-order valence-corrected chi connectivity index (χ2v) is 5.46. The quantitative estimate of drug-likeness (QED) is 0.890. The molecule has 1 aromatic rings. The number of benzene rings is 1. The average Bonchev–Trinajstić information content (AvgIpc) is 2.52. The highest BCUT2D eigenvalue weighted by Gasteiger charge is 2.38. The Hall–Kier alpha value is -2.25. The van der Waals surface area contributed by atoms with Crippen molar-refractivity contribution in [3.63, 3.8) is 0 Å². The molecule has 1 saturated heterocycles. The zero-order valence-corrected chi connectivity index (χ0v) is 12.3. The number of nitrogens with zero attached hydrogens (tertiary/aromatic N) is 1. The molecule has 2 rings (SSSR count). The summed E-state index contributed by atoms with van der Waals surface area (Å²) in [4.78, 5) is 24.6. The summed E-state index contributed by atoms with van der Waals surface area (Å²) in [6.07, 6.45) is -3.88. The van der Waals surface area contributed by atoms with E-state index in [9.17, 15) is 27.9 Å². The van der Waals surface area contributed by atoms with E-state index < -0.39 is 12.1 Å². The lowest BCUT2D eigenvalue weighted by atomic mass is 9.96. The number of carbonyl (C=O) groups is 2. The van der Waals surface area contributed by atoms with Crippen molar-refractivity contribution in [2.75, 3.05) is 19.6 Å². The van der Waals surface area contributed by atoms with Crippen molar-refractivity contribution >= 4 is 11.8 Å². The Kier molecular flexibility index (Phi) is 5.12. The molecule has 126 valence electrons. The van der Waals surface area contributed by atoms with E-state index in [0.29, 0.717) is 25.9 Å². The lowest BCUT2D eigenvalue weighted by Gasteiger charge is -2.32. The van der Waals surface area contributed by atoms with E-state index in [1.54, 1.807) is 17.0 Å². The molecule has 2 N–H and O–H groups in total. The summed E-state index contributed by atoms with van der Waals surface area (Å²) in [7, 11) is 0. The molecular formula is C15H17F3N2O3. The van der Waals surface area contributed by atoms with Gasteiger partial charge in [-0.3, -0.25) is 9.59 Å². The number of rotatable bonds is 3. The molecule has 1 aromatic carbocycles. The molecule has 0 saturated carbocycles. The number of hydrogen-bond donors (Lipinski definition) is 2. The third kappa shape index (κ3) is 4.37. The van der Waals surface area contributed by atoms with Crippen molar-refractivity contribution in [2.24, 2.45) is 5.92 Å². The summed E-state index contributed by atoms with van der Waals surface area (Å²) < 4.78 is 36.3. The van der Waals surface area contributed by atoms with Gasteiger partial charge in [-0.05, 0) is 30.9 Å². The normalized spacial score (nSPS) is 16.2. The first-order chi connectivity index (χ1) is 10.8. The first-order valence-corrected chi connectivity index (χ1v) is 7.21. The molecule has 1 fully saturated rings. The zero-order chi connectivity index (χ0) is 17.0. The van der Waals surface area contributed by atoms with Crippen molar-refractivity contribution in [3.05, 3.63) is 29.8 Å². The maximum absolute atomic E-state index is 12.3. The second kappa shape index (κ2) is 6.89. The average molecular weight is 330 g/mol. The van der Waals surface area contributed by atoms with Crippen LogP contribution < -0.4 is 5.32 Å². The molecule has 1 aliphatic heterocycles. The van der Waals surface area contributed by atoms with Gasteiger partial charge in [0.15, 0.2) is 0 Å². The van der Waals surface area contributed by atoms with Gasteiger partial charge in [0.05, 0.1) is 5.56 Å². The van der Waals surface area contributed by atoms with Crippen LogP contribution in [0.25, 0.3) is 0 Å². The molecule has 2 amide bonds. The largest absolute Gasteiger partial charge is 0.507 e. The first-order valence-electron chi connectivity index (χ1n) is 7.21. The minimum atomic E-state index is -4.87. The zero-order valence-electron chi connectivity index (χ0n) is 12.3. The van der Waals surface area contributed by atoms with Gasteiger partial charge >= 0.3 is 12.1 Å². The number of aromatic hydroxyl groups is 1. The molecule has 0 radical (unpaired) electrons. The third-order valence-corrected chi connectivity index (χ3v) is 3.84. The SMILES string of the molecule is O=C(c1ccccc1O)N1CCC(CNC(=O)C(F)(F)F)CC1. The van der Waals surface area contributed by atoms with Crippen LogP contribution in [0, 0.1) is 5.92 Å². The number of nitrogens with one attached hydrogen (secondary N) is 1. The van der Waals surface area contributed by atoms with Gasteiger partial charge in [0.2, 0.25) is 0 Å². The van der Waals surface area contributed by atoms with E-state index in [0.717, 1.165) is 0 Å². The summed E-state index contributed by atoms with van der Waals surface area (Å²) in [5.74, 6) is -2.45. The van der Waals surface area contributed by atoms with Crippen molar-refractivity contribution < 1.29 is 27.9 Å². The van der Waals surface area contributed by atoms with Crippen molar-refractivity contribution in [2.45, 2.75) is 19.0 Å². The molecule has 0 atom stereocenters. The van der Waals surface area contributed by atoms with Crippen molar-refractivity contribution in [1.29, 1.82) is 0 Å². The minimum absolute atomic E-state index is 0.0586. The highest BCUT2D eigenvalue weighted by Crippen LogP contribution is 2.23. The number of amides is 2. The molecule has 0 spiro atoms. The number of phenols is 1. The summed E-state index contributed by atoms with van der Waals surface area (Å²) in [5, 5.41) is 11.6. The van der Waals surface area contributed by atoms with Crippen LogP contribution in [0.1, 0.15) is 23.2 Å². The Balaban J connectivity index is 1.83. The number of hydrogen-bond acceptors (Lipinski definition) is 3. The lowest BCUT2D eigenvalue weighted by Crippen LogP contribution is -2.44. The smallest absolute Gasteiger partial charge is 0.471 e. The van der Waals surface area contributed by atoms with Gasteiger partial charge in [-0.2, -0.15) is 13.2 Å². The maximum Gasteiger partial charge on any atom is 0.471 e. The van der Waals surface area contributed by atoms with E-state index in [1.807, 2.05) is 5.32 Å². The predicted octanol–water partition coefficient (Wildman–Crippen LogP) is 1.92. The number of para-hydroxylation sites is 1. The highest BCUT2D eigenvalue weighted by molar-refractivity contribution is 5.96. The number of alkyl halides is 3. The molecule has 0 bridgehead atoms. The summed E-state index contributed by atoms with van der Waals surface area (Å²) in [6, 6.07) is 6.20. The van der Waals surface area contributed by atoms with Crippen LogP contribution in [0.4, 0.5) is 13.2 Å². The van der Waals surface area contributed by atoms with Gasteiger partial charge in [0, 0.05) is 19.6 Å². The molecule has 23 heavy (non-hydrogen) atoms. The Morgan fingerprint density at radius 3 is 2.39 bits per heavy atom. The molecule has 0 aliphatic carbocycles. The van der Waals surface area contributed by atoms with Crippen LogP contribution in [0.5, 0.6) is 5.75 Å². The van der Waals surface area contributed by atoms with Crippen LogP contribution in [0.15, 0.2) is 24.3 Å². The van der Waals surface area contributed by atoms with Crippen LogP contribution in [0.3, 0.4) is 0 Å². The third-order valence-electron chi connectivity index (χ3n) is 3.84. The number of carbonyl (C=O) groups excluding carboxylic acids is 2. The van der Waals surface area contributed by atoms with Gasteiger partial charge in [0.25, 0.3) is 5.91 Å². The number of piperidine rings is 1. The van der Waals surface area contributed by atoms with Crippen molar-refractivity contribution in [3.8, 4) is 5.75 Å². The summed E-state index contributed by atoms with van der Waals surface area (Å²) in [5.41, 5.74) is 0.205. The number of likely N-dealkylation sites (tertiary alicyclic amines) is 1. The predicted molar refractivity (Wildman–Crippen MR) is 75.8 cm³/mol. The minimum Gasteiger partial charge on any atom is -0.507 e. The monoisotopic (exact) mass is 330 g/mol. The Morgan fingerprint density at radius 2 is 1.83 bits per heavy atom. The van der Waals surface area contributed by atoms with Crippen molar-refractivity contribution in [1.82, 2.24) is 10.2 Å². The number of phenolic OH excluding ortho intramolecular Hbond substituents is 1. The molecule has 1 aliphatic rings. The molecule has 0 unspecified atom stereocenters. The fraction of sp³-hybridized carbons (Fsp3) is 0.467. The lowest BCUT2D eigenvalue weighted by molar-refractivity contribution is -0.173. The molecule has 1 heterocycles. The summed E-state index contributed by atoms with van der Waals surface area (Å²) in [6.45, 7) is 0.691. The Bertz CT molecular complexity index is 582. The molecule has 5 nitrogen and oxygen atoms in total. The van der Waals surface area contributed by atoms with Gasteiger partial charge in [-0.25, -0.2) is 0 Å². The van der Waals surface area contributed by atoms with E-state index in [1.165, 1.54) is 12.1 Å². The Morgan fingerprint density at radius 1 is 1.22 bits per heavy atom. The number of halogens is 3. The second-order valence-electron chi connectivity index (χ2n) is 5.46. The highest BCUT2D eigenvalue weighted by atomic mass is 19.4. The fourth-order valence-corrected chi connectivity index (χ4v) is 2.50. The van der Waals surface area contributed by atoms with Gasteiger partial charge in [0.1, 0.15) is 5.75 Å². The molecular weight excluding hydrogens is 313 g/mol. The maximum atomic E-state index is 12.3. The first kappa shape index (κ1) is 17.1. The summed E-state index contributed by atoms with van der Waals surface area (Å²) >= 11 is 0. The van der Waals surface area contributed by atoms with Crippen LogP contribution in [-0.4, -0.2) is 47.6 Å². The van der Waals surface area contributed by atoms with Crippen LogP contribution in [-0.2, 0) is 4.79 Å². The van der Waals surface area contributed by atoms with Crippen LogP contribution >= 0.6 is 0 Å². The Labute approximate surface area is 131 Å².